The molecule has 0 unspecified atom stereocenters. The van der Waals surface area contributed by atoms with Crippen molar-refractivity contribution in [3.05, 3.63) is 46.3 Å². The summed E-state index contributed by atoms with van der Waals surface area (Å²) in [6.07, 6.45) is 1.65. The molecular weight excluding hydrogens is 412 g/mol. The molecule has 1 heterocycles. The Kier molecular flexibility index (Phi) is 7.74. The van der Waals surface area contributed by atoms with Crippen molar-refractivity contribution in [2.45, 2.75) is 46.3 Å². The van der Waals surface area contributed by atoms with E-state index < -0.39 is 0 Å². The van der Waals surface area contributed by atoms with Gasteiger partial charge in [-0.1, -0.05) is 15.9 Å². The van der Waals surface area contributed by atoms with Crippen molar-refractivity contribution in [3.63, 3.8) is 0 Å². The van der Waals surface area contributed by atoms with Gasteiger partial charge in [-0.3, -0.25) is 4.79 Å². The van der Waals surface area contributed by atoms with Crippen LogP contribution in [0.15, 0.2) is 39.4 Å². The van der Waals surface area contributed by atoms with Crippen molar-refractivity contribution in [3.8, 4) is 11.5 Å². The molecule has 0 saturated heterocycles. The van der Waals surface area contributed by atoms with Crippen molar-refractivity contribution >= 4 is 21.8 Å². The first-order valence-electron chi connectivity index (χ1n) is 8.90. The molecule has 6 nitrogen and oxygen atoms in total. The van der Waals surface area contributed by atoms with Gasteiger partial charge < -0.3 is 24.5 Å². The Morgan fingerprint density at radius 1 is 1.19 bits per heavy atom. The van der Waals surface area contributed by atoms with Crippen LogP contribution in [0.25, 0.3) is 0 Å². The van der Waals surface area contributed by atoms with E-state index in [2.05, 4.69) is 26.6 Å². The van der Waals surface area contributed by atoms with Gasteiger partial charge in [-0.25, -0.2) is 0 Å². The summed E-state index contributed by atoms with van der Waals surface area (Å²) in [6.45, 7) is 9.39. The molecule has 148 valence electrons. The van der Waals surface area contributed by atoms with Crippen molar-refractivity contribution < 1.29 is 18.7 Å². The summed E-state index contributed by atoms with van der Waals surface area (Å²) in [4.78, 5) is 12.0. The fourth-order valence-corrected chi connectivity index (χ4v) is 2.89. The molecule has 0 spiro atoms. The lowest BCUT2D eigenvalue weighted by Gasteiger charge is -2.21. The van der Waals surface area contributed by atoms with Crippen LogP contribution in [-0.2, 0) is 17.9 Å². The molecule has 2 aromatic rings. The van der Waals surface area contributed by atoms with Gasteiger partial charge in [0.2, 0.25) is 0 Å². The Bertz CT molecular complexity index is 739. The number of carbonyl (C=O) groups is 1. The van der Waals surface area contributed by atoms with Crippen LogP contribution in [0.1, 0.15) is 39.0 Å². The summed E-state index contributed by atoms with van der Waals surface area (Å²) < 4.78 is 17.6. The van der Waals surface area contributed by atoms with E-state index in [9.17, 15) is 4.79 Å². The molecule has 0 aliphatic rings. The Hall–Kier alpha value is -1.99. The van der Waals surface area contributed by atoms with Gasteiger partial charge in [0.1, 0.15) is 5.76 Å². The van der Waals surface area contributed by atoms with E-state index >= 15 is 0 Å². The van der Waals surface area contributed by atoms with E-state index in [0.717, 1.165) is 15.8 Å². The zero-order valence-electron chi connectivity index (χ0n) is 16.2. The van der Waals surface area contributed by atoms with E-state index in [4.69, 9.17) is 13.9 Å². The fourth-order valence-electron chi connectivity index (χ4n) is 2.42. The van der Waals surface area contributed by atoms with E-state index in [1.165, 1.54) is 0 Å². The maximum absolute atomic E-state index is 12.0. The quantitative estimate of drug-likeness (QED) is 0.618. The van der Waals surface area contributed by atoms with Gasteiger partial charge in [0, 0.05) is 16.6 Å². The van der Waals surface area contributed by atoms with E-state index in [1.807, 2.05) is 52.0 Å². The molecule has 1 aromatic heterocycles. The summed E-state index contributed by atoms with van der Waals surface area (Å²) in [7, 11) is 0. The third kappa shape index (κ3) is 7.27. The van der Waals surface area contributed by atoms with Crippen LogP contribution in [0.3, 0.4) is 0 Å². The zero-order valence-corrected chi connectivity index (χ0v) is 17.8. The second-order valence-corrected chi connectivity index (χ2v) is 7.95. The molecule has 0 fully saturated rings. The number of hydrogen-bond acceptors (Lipinski definition) is 5. The number of benzene rings is 1. The first-order valence-corrected chi connectivity index (χ1v) is 9.70. The number of halogens is 1. The summed E-state index contributed by atoms with van der Waals surface area (Å²) >= 11 is 3.57. The number of carbonyl (C=O) groups excluding carboxylic acids is 1. The van der Waals surface area contributed by atoms with Gasteiger partial charge >= 0.3 is 0 Å². The molecule has 0 aliphatic heterocycles. The first kappa shape index (κ1) is 21.3. The van der Waals surface area contributed by atoms with Crippen LogP contribution in [0.4, 0.5) is 0 Å². The monoisotopic (exact) mass is 438 g/mol. The summed E-state index contributed by atoms with van der Waals surface area (Å²) in [5.74, 6) is 1.84. The summed E-state index contributed by atoms with van der Waals surface area (Å²) in [5, 5.41) is 6.20. The highest BCUT2D eigenvalue weighted by atomic mass is 79.9. The van der Waals surface area contributed by atoms with E-state index in [-0.39, 0.29) is 18.1 Å². The minimum atomic E-state index is -0.298. The number of nitrogens with one attached hydrogen (secondary N) is 2. The van der Waals surface area contributed by atoms with Gasteiger partial charge in [0.15, 0.2) is 18.1 Å². The van der Waals surface area contributed by atoms with Crippen molar-refractivity contribution in [1.82, 2.24) is 10.6 Å². The third-order valence-corrected chi connectivity index (χ3v) is 4.22. The van der Waals surface area contributed by atoms with Crippen LogP contribution in [0, 0.1) is 0 Å². The number of hydrogen-bond donors (Lipinski definition) is 2. The highest BCUT2D eigenvalue weighted by molar-refractivity contribution is 9.10. The molecule has 27 heavy (non-hydrogen) atoms. The van der Waals surface area contributed by atoms with Crippen LogP contribution in [0.5, 0.6) is 11.5 Å². The third-order valence-electron chi connectivity index (χ3n) is 3.48. The smallest absolute Gasteiger partial charge is 0.258 e. The van der Waals surface area contributed by atoms with E-state index in [1.54, 1.807) is 6.26 Å². The molecule has 0 atom stereocenters. The number of rotatable bonds is 9. The molecule has 2 rings (SSSR count). The highest BCUT2D eigenvalue weighted by Gasteiger charge is 2.16. The molecular formula is C20H27BrN2O4. The average Bonchev–Trinajstić information content (AvgIpc) is 3.08. The van der Waals surface area contributed by atoms with Crippen molar-refractivity contribution in [2.24, 2.45) is 0 Å². The van der Waals surface area contributed by atoms with Gasteiger partial charge in [0.05, 0.1) is 19.4 Å². The SMILES string of the molecule is CCOc1cc(CNCc2ccco2)c(Br)cc1OCC(=O)NC(C)(C)C. The second kappa shape index (κ2) is 9.80. The van der Waals surface area contributed by atoms with Gasteiger partial charge in [-0.15, -0.1) is 0 Å². The minimum Gasteiger partial charge on any atom is -0.490 e. The van der Waals surface area contributed by atoms with Gasteiger partial charge in [-0.2, -0.15) is 0 Å². The minimum absolute atomic E-state index is 0.0696. The van der Waals surface area contributed by atoms with Crippen LogP contribution in [0.2, 0.25) is 0 Å². The summed E-state index contributed by atoms with van der Waals surface area (Å²) in [6, 6.07) is 7.54. The lowest BCUT2D eigenvalue weighted by Crippen LogP contribution is -2.43. The van der Waals surface area contributed by atoms with Gasteiger partial charge in [0.25, 0.3) is 5.91 Å². The van der Waals surface area contributed by atoms with Crippen molar-refractivity contribution in [1.29, 1.82) is 0 Å². The normalized spacial score (nSPS) is 11.3. The lowest BCUT2D eigenvalue weighted by molar-refractivity contribution is -0.124. The maximum atomic E-state index is 12.0. The summed E-state index contributed by atoms with van der Waals surface area (Å²) in [5.41, 5.74) is 0.726. The van der Waals surface area contributed by atoms with Gasteiger partial charge in [-0.05, 0) is 57.5 Å². The predicted molar refractivity (Wildman–Crippen MR) is 108 cm³/mol. The molecule has 0 bridgehead atoms. The van der Waals surface area contributed by atoms with E-state index in [0.29, 0.717) is 31.2 Å². The number of amides is 1. The largest absolute Gasteiger partial charge is 0.490 e. The molecule has 0 aliphatic carbocycles. The molecule has 0 saturated carbocycles. The average molecular weight is 439 g/mol. The van der Waals surface area contributed by atoms with Crippen molar-refractivity contribution in [2.75, 3.05) is 13.2 Å². The second-order valence-electron chi connectivity index (χ2n) is 7.09. The predicted octanol–water partition coefficient (Wildman–Crippen LogP) is 4.02. The number of furan rings is 1. The Morgan fingerprint density at radius 3 is 2.56 bits per heavy atom. The van der Waals surface area contributed by atoms with Crippen LogP contribution in [-0.4, -0.2) is 24.7 Å². The Morgan fingerprint density at radius 2 is 1.93 bits per heavy atom. The molecule has 1 aromatic carbocycles. The van der Waals surface area contributed by atoms with Crippen LogP contribution >= 0.6 is 15.9 Å². The molecule has 1 amide bonds. The highest BCUT2D eigenvalue weighted by Crippen LogP contribution is 2.34. The first-order chi connectivity index (χ1) is 12.8. The fraction of sp³-hybridized carbons (Fsp3) is 0.450. The zero-order chi connectivity index (χ0) is 19.9. The molecule has 0 radical (unpaired) electrons. The van der Waals surface area contributed by atoms with Crippen LogP contribution < -0.4 is 20.1 Å². The molecule has 7 heteroatoms. The topological polar surface area (TPSA) is 72.7 Å². The lowest BCUT2D eigenvalue weighted by atomic mass is 10.1. The number of ether oxygens (including phenoxy) is 2. The standard InChI is InChI=1S/C20H27BrN2O4/c1-5-25-17-9-14(11-22-12-15-7-6-8-26-15)16(21)10-18(17)27-13-19(24)23-20(2,3)4/h6-10,22H,5,11-13H2,1-4H3,(H,23,24). The Labute approximate surface area is 168 Å². The Balaban J connectivity index is 2.02. The maximum Gasteiger partial charge on any atom is 0.258 e. The molecule has 2 N–H and O–H groups in total.